The minimum atomic E-state index is -0.485. The van der Waals surface area contributed by atoms with Gasteiger partial charge in [0.05, 0.1) is 12.7 Å². The second kappa shape index (κ2) is 11.9. The minimum Gasteiger partial charge on any atom is -0.463 e. The van der Waals surface area contributed by atoms with Crippen LogP contribution in [0.15, 0.2) is 36.5 Å². The van der Waals surface area contributed by atoms with Gasteiger partial charge in [-0.3, -0.25) is 4.79 Å². The second-order valence-electron chi connectivity index (χ2n) is 7.96. The summed E-state index contributed by atoms with van der Waals surface area (Å²) in [5.74, 6) is 0.222. The molecule has 1 saturated carbocycles. The summed E-state index contributed by atoms with van der Waals surface area (Å²) in [4.78, 5) is 23.4. The average molecular weight is 377 g/mol. The van der Waals surface area contributed by atoms with E-state index in [9.17, 15) is 14.7 Å². The van der Waals surface area contributed by atoms with Gasteiger partial charge in [0.15, 0.2) is 0 Å². The number of ether oxygens (including phenoxy) is 1. The fraction of sp³-hybridized carbons (Fsp3) is 0.652. The molecule has 27 heavy (non-hydrogen) atoms. The molecule has 4 heteroatoms. The van der Waals surface area contributed by atoms with Gasteiger partial charge in [0, 0.05) is 18.4 Å². The molecule has 152 valence electrons. The number of aliphatic hydroxyl groups is 1. The monoisotopic (exact) mass is 376 g/mol. The van der Waals surface area contributed by atoms with Gasteiger partial charge in [0.2, 0.25) is 0 Å². The highest BCUT2D eigenvalue weighted by Crippen LogP contribution is 2.34. The lowest BCUT2D eigenvalue weighted by atomic mass is 9.81. The van der Waals surface area contributed by atoms with Crippen molar-refractivity contribution >= 4 is 11.8 Å². The van der Waals surface area contributed by atoms with Crippen LogP contribution in [0.2, 0.25) is 0 Å². The number of hydrogen-bond acceptors (Lipinski definition) is 4. The van der Waals surface area contributed by atoms with E-state index < -0.39 is 6.10 Å². The summed E-state index contributed by atoms with van der Waals surface area (Å²) in [7, 11) is 0. The largest absolute Gasteiger partial charge is 0.463 e. The number of ketones is 1. The smallest absolute Gasteiger partial charge is 0.330 e. The predicted octanol–water partition coefficient (Wildman–Crippen LogP) is 4.78. The van der Waals surface area contributed by atoms with E-state index >= 15 is 0 Å². The number of carbonyl (C=O) groups is 2. The molecule has 1 fully saturated rings. The number of esters is 1. The maximum atomic E-state index is 12.2. The molecular formula is C23H36O4. The molecule has 0 heterocycles. The molecule has 0 aromatic heterocycles. The molecule has 1 aliphatic rings. The zero-order valence-corrected chi connectivity index (χ0v) is 17.3. The van der Waals surface area contributed by atoms with Gasteiger partial charge in [-0.2, -0.15) is 0 Å². The number of aliphatic hydroxyl groups excluding tert-OH is 1. The molecule has 0 radical (unpaired) electrons. The molecule has 0 aromatic carbocycles. The van der Waals surface area contributed by atoms with E-state index in [1.807, 2.05) is 18.2 Å². The first-order valence-corrected chi connectivity index (χ1v) is 10.2. The van der Waals surface area contributed by atoms with E-state index in [1.165, 1.54) is 6.08 Å². The van der Waals surface area contributed by atoms with E-state index in [0.717, 1.165) is 32.1 Å². The highest BCUT2D eigenvalue weighted by molar-refractivity contribution is 5.83. The third-order valence-corrected chi connectivity index (χ3v) is 5.30. The molecule has 1 N–H and O–H groups in total. The van der Waals surface area contributed by atoms with Crippen molar-refractivity contribution in [3.63, 3.8) is 0 Å². The molecule has 0 aromatic rings. The van der Waals surface area contributed by atoms with Crippen molar-refractivity contribution in [2.45, 2.75) is 72.3 Å². The van der Waals surface area contributed by atoms with Crippen LogP contribution in [0.5, 0.6) is 0 Å². The van der Waals surface area contributed by atoms with Crippen LogP contribution >= 0.6 is 0 Å². The second-order valence-corrected chi connectivity index (χ2v) is 7.96. The summed E-state index contributed by atoms with van der Waals surface area (Å²) >= 11 is 0. The van der Waals surface area contributed by atoms with E-state index in [0.29, 0.717) is 18.8 Å². The van der Waals surface area contributed by atoms with Crippen LogP contribution in [0, 0.1) is 17.3 Å². The summed E-state index contributed by atoms with van der Waals surface area (Å²) < 4.78 is 4.81. The molecular weight excluding hydrogens is 340 g/mol. The predicted molar refractivity (Wildman–Crippen MR) is 109 cm³/mol. The van der Waals surface area contributed by atoms with Gasteiger partial charge >= 0.3 is 5.97 Å². The molecule has 0 bridgehead atoms. The molecule has 4 nitrogen and oxygen atoms in total. The molecule has 0 saturated heterocycles. The Balaban J connectivity index is 2.52. The van der Waals surface area contributed by atoms with Gasteiger partial charge in [0.25, 0.3) is 0 Å². The van der Waals surface area contributed by atoms with Gasteiger partial charge in [-0.25, -0.2) is 4.79 Å². The number of allylic oxidation sites excluding steroid dienone is 4. The highest BCUT2D eigenvalue weighted by Gasteiger charge is 2.33. The summed E-state index contributed by atoms with van der Waals surface area (Å²) in [5.41, 5.74) is -0.142. The van der Waals surface area contributed by atoms with Crippen molar-refractivity contribution in [1.82, 2.24) is 0 Å². The maximum absolute atomic E-state index is 12.2. The zero-order chi connectivity index (χ0) is 20.3. The number of carbonyl (C=O) groups excluding carboxylic acids is 2. The van der Waals surface area contributed by atoms with E-state index in [-0.39, 0.29) is 23.2 Å². The van der Waals surface area contributed by atoms with Crippen LogP contribution < -0.4 is 0 Å². The van der Waals surface area contributed by atoms with Crippen LogP contribution in [0.3, 0.4) is 0 Å². The van der Waals surface area contributed by atoms with Gasteiger partial charge in [-0.05, 0) is 43.9 Å². The SMILES string of the molecule is CCCC(C)(C)C(O)C=CC1CCC(=O)C1CCC=CC=CC(=O)OCC. The third kappa shape index (κ3) is 8.25. The topological polar surface area (TPSA) is 63.6 Å². The van der Waals surface area contributed by atoms with E-state index in [2.05, 4.69) is 26.8 Å². The molecule has 1 aliphatic carbocycles. The van der Waals surface area contributed by atoms with Crippen molar-refractivity contribution in [3.05, 3.63) is 36.5 Å². The summed E-state index contributed by atoms with van der Waals surface area (Å²) in [6, 6.07) is 0. The quantitative estimate of drug-likeness (QED) is 0.244. The normalized spacial score (nSPS) is 22.3. The number of hydrogen-bond donors (Lipinski definition) is 1. The molecule has 3 unspecified atom stereocenters. The zero-order valence-electron chi connectivity index (χ0n) is 17.3. The Hall–Kier alpha value is -1.68. The Morgan fingerprint density at radius 3 is 2.74 bits per heavy atom. The molecule has 0 amide bonds. The standard InChI is InChI=1S/C23H36O4/c1-5-17-23(3,4)21(25)16-14-18-13-15-20(24)19(18)11-9-7-8-10-12-22(26)27-6-2/h7-8,10,12,14,16,18-19,21,25H,5-6,9,11,13,15,17H2,1-4H3. The highest BCUT2D eigenvalue weighted by atomic mass is 16.5. The van der Waals surface area contributed by atoms with Crippen LogP contribution in [0.4, 0.5) is 0 Å². The summed E-state index contributed by atoms with van der Waals surface area (Å²) in [6.45, 7) is 8.43. The first-order valence-electron chi connectivity index (χ1n) is 10.2. The lowest BCUT2D eigenvalue weighted by Crippen LogP contribution is -2.27. The molecule has 1 rings (SSSR count). The first-order chi connectivity index (χ1) is 12.8. The van der Waals surface area contributed by atoms with Crippen LogP contribution in [-0.2, 0) is 14.3 Å². The van der Waals surface area contributed by atoms with Crippen molar-refractivity contribution in [2.24, 2.45) is 17.3 Å². The van der Waals surface area contributed by atoms with Crippen molar-refractivity contribution < 1.29 is 19.4 Å². The van der Waals surface area contributed by atoms with Crippen molar-refractivity contribution in [2.75, 3.05) is 6.61 Å². The Bertz CT molecular complexity index is 557. The van der Waals surface area contributed by atoms with E-state index in [1.54, 1.807) is 13.0 Å². The Kier molecular flexibility index (Phi) is 10.3. The van der Waals surface area contributed by atoms with Crippen LogP contribution in [-0.4, -0.2) is 29.6 Å². The van der Waals surface area contributed by atoms with Crippen LogP contribution in [0.1, 0.15) is 66.2 Å². The van der Waals surface area contributed by atoms with Gasteiger partial charge < -0.3 is 9.84 Å². The Morgan fingerprint density at radius 2 is 2.07 bits per heavy atom. The lowest BCUT2D eigenvalue weighted by Gasteiger charge is -2.28. The fourth-order valence-corrected chi connectivity index (χ4v) is 3.62. The maximum Gasteiger partial charge on any atom is 0.330 e. The summed E-state index contributed by atoms with van der Waals surface area (Å²) in [5, 5.41) is 10.4. The van der Waals surface area contributed by atoms with Crippen molar-refractivity contribution in [3.8, 4) is 0 Å². The number of rotatable bonds is 11. The molecule has 0 aliphatic heterocycles. The minimum absolute atomic E-state index is 0.0291. The van der Waals surface area contributed by atoms with Gasteiger partial charge in [-0.1, -0.05) is 57.6 Å². The Labute approximate surface area is 164 Å². The Morgan fingerprint density at radius 1 is 1.33 bits per heavy atom. The van der Waals surface area contributed by atoms with Crippen LogP contribution in [0.25, 0.3) is 0 Å². The molecule has 0 spiro atoms. The summed E-state index contributed by atoms with van der Waals surface area (Å²) in [6.07, 6.45) is 15.4. The van der Waals surface area contributed by atoms with E-state index in [4.69, 9.17) is 4.74 Å². The van der Waals surface area contributed by atoms with Gasteiger partial charge in [-0.15, -0.1) is 0 Å². The van der Waals surface area contributed by atoms with Gasteiger partial charge in [0.1, 0.15) is 5.78 Å². The van der Waals surface area contributed by atoms with Crippen molar-refractivity contribution in [1.29, 1.82) is 0 Å². The molecule has 3 atom stereocenters. The number of Topliss-reactive ketones (excluding diaryl/α,β-unsaturated/α-hetero) is 1. The first kappa shape index (κ1) is 23.4. The fourth-order valence-electron chi connectivity index (χ4n) is 3.62. The third-order valence-electron chi connectivity index (χ3n) is 5.30. The average Bonchev–Trinajstić information content (AvgIpc) is 2.96. The lowest BCUT2D eigenvalue weighted by molar-refractivity contribution is -0.137.